The van der Waals surface area contributed by atoms with Crippen molar-refractivity contribution in [2.24, 2.45) is 0 Å². The predicted octanol–water partition coefficient (Wildman–Crippen LogP) is 3.78. The zero-order chi connectivity index (χ0) is 13.0. The summed E-state index contributed by atoms with van der Waals surface area (Å²) >= 11 is 2.20. The Labute approximate surface area is 121 Å². The Morgan fingerprint density at radius 1 is 1.11 bits per heavy atom. The highest BCUT2D eigenvalue weighted by Crippen LogP contribution is 2.13. The van der Waals surface area contributed by atoms with Crippen LogP contribution in [0.15, 0.2) is 54.6 Å². The molecule has 0 bridgehead atoms. The third-order valence-corrected chi connectivity index (χ3v) is 3.40. The highest BCUT2D eigenvalue weighted by molar-refractivity contribution is 14.1. The molecule has 0 aliphatic rings. The summed E-state index contributed by atoms with van der Waals surface area (Å²) in [4.78, 5) is 12.1. The number of benzene rings is 2. The minimum atomic E-state index is -0.0372. The van der Waals surface area contributed by atoms with Crippen LogP contribution < -0.4 is 5.32 Å². The van der Waals surface area contributed by atoms with Crippen molar-refractivity contribution >= 4 is 28.5 Å². The van der Waals surface area contributed by atoms with Crippen LogP contribution >= 0.6 is 22.6 Å². The van der Waals surface area contributed by atoms with Crippen molar-refractivity contribution in [3.8, 4) is 0 Å². The Bertz CT molecular complexity index is 539. The SMILES string of the molecule is CC(NC(=O)c1cccc(I)c1)c1ccccc1. The lowest BCUT2D eigenvalue weighted by molar-refractivity contribution is 0.0940. The summed E-state index contributed by atoms with van der Waals surface area (Å²) in [5.74, 6) is -0.0372. The first-order valence-corrected chi connectivity index (χ1v) is 6.86. The maximum atomic E-state index is 12.1. The number of nitrogens with one attached hydrogen (secondary N) is 1. The Balaban J connectivity index is 2.08. The molecule has 0 radical (unpaired) electrons. The van der Waals surface area contributed by atoms with E-state index in [9.17, 15) is 4.79 Å². The maximum absolute atomic E-state index is 12.1. The third-order valence-electron chi connectivity index (χ3n) is 2.73. The van der Waals surface area contributed by atoms with E-state index in [2.05, 4.69) is 27.9 Å². The van der Waals surface area contributed by atoms with E-state index in [1.807, 2.05) is 61.5 Å². The fourth-order valence-electron chi connectivity index (χ4n) is 1.73. The molecule has 0 aliphatic carbocycles. The van der Waals surface area contributed by atoms with Crippen molar-refractivity contribution in [1.29, 1.82) is 0 Å². The summed E-state index contributed by atoms with van der Waals surface area (Å²) in [6.45, 7) is 1.99. The average Bonchev–Trinajstić information content (AvgIpc) is 2.39. The van der Waals surface area contributed by atoms with Crippen LogP contribution in [0.25, 0.3) is 0 Å². The lowest BCUT2D eigenvalue weighted by Crippen LogP contribution is -2.26. The molecule has 0 saturated heterocycles. The average molecular weight is 351 g/mol. The topological polar surface area (TPSA) is 29.1 Å². The van der Waals surface area contributed by atoms with Gasteiger partial charge in [0.05, 0.1) is 6.04 Å². The second kappa shape index (κ2) is 6.00. The van der Waals surface area contributed by atoms with Gasteiger partial charge in [-0.15, -0.1) is 0 Å². The molecule has 0 heterocycles. The Kier molecular flexibility index (Phi) is 4.36. The van der Waals surface area contributed by atoms with Gasteiger partial charge >= 0.3 is 0 Å². The van der Waals surface area contributed by atoms with E-state index < -0.39 is 0 Å². The molecule has 0 fully saturated rings. The number of hydrogen-bond donors (Lipinski definition) is 1. The number of rotatable bonds is 3. The van der Waals surface area contributed by atoms with Gasteiger partial charge < -0.3 is 5.32 Å². The van der Waals surface area contributed by atoms with Gasteiger partial charge in [0.2, 0.25) is 0 Å². The summed E-state index contributed by atoms with van der Waals surface area (Å²) in [5, 5.41) is 3.00. The maximum Gasteiger partial charge on any atom is 0.251 e. The number of hydrogen-bond acceptors (Lipinski definition) is 1. The summed E-state index contributed by atoms with van der Waals surface area (Å²) in [5.41, 5.74) is 1.81. The third kappa shape index (κ3) is 3.32. The van der Waals surface area contributed by atoms with Gasteiger partial charge in [-0.3, -0.25) is 4.79 Å². The summed E-state index contributed by atoms with van der Waals surface area (Å²) in [7, 11) is 0. The second-order valence-electron chi connectivity index (χ2n) is 4.12. The fraction of sp³-hybridized carbons (Fsp3) is 0.133. The Morgan fingerprint density at radius 3 is 2.50 bits per heavy atom. The first-order chi connectivity index (χ1) is 8.66. The van der Waals surface area contributed by atoms with Crippen LogP contribution in [0.5, 0.6) is 0 Å². The van der Waals surface area contributed by atoms with E-state index in [4.69, 9.17) is 0 Å². The standard InChI is InChI=1S/C15H14INO/c1-11(12-6-3-2-4-7-12)17-15(18)13-8-5-9-14(16)10-13/h2-11H,1H3,(H,17,18). The van der Waals surface area contributed by atoms with Crippen molar-refractivity contribution in [1.82, 2.24) is 5.32 Å². The normalized spacial score (nSPS) is 11.9. The molecule has 2 aromatic rings. The van der Waals surface area contributed by atoms with Crippen molar-refractivity contribution in [3.63, 3.8) is 0 Å². The first kappa shape index (κ1) is 13.1. The Morgan fingerprint density at radius 2 is 1.83 bits per heavy atom. The van der Waals surface area contributed by atoms with Gasteiger partial charge in [-0.05, 0) is 53.3 Å². The minimum absolute atomic E-state index is 0.0107. The predicted molar refractivity (Wildman–Crippen MR) is 81.5 cm³/mol. The van der Waals surface area contributed by atoms with Crippen LogP contribution in [0.1, 0.15) is 28.9 Å². The van der Waals surface area contributed by atoms with Crippen molar-refractivity contribution in [2.45, 2.75) is 13.0 Å². The van der Waals surface area contributed by atoms with Crippen molar-refractivity contribution < 1.29 is 4.79 Å². The highest BCUT2D eigenvalue weighted by atomic mass is 127. The molecule has 18 heavy (non-hydrogen) atoms. The lowest BCUT2D eigenvalue weighted by atomic mass is 10.1. The van der Waals surface area contributed by atoms with Crippen LogP contribution in [-0.2, 0) is 0 Å². The second-order valence-corrected chi connectivity index (χ2v) is 5.36. The molecule has 3 heteroatoms. The smallest absolute Gasteiger partial charge is 0.251 e. The van der Waals surface area contributed by atoms with Crippen LogP contribution in [-0.4, -0.2) is 5.91 Å². The van der Waals surface area contributed by atoms with E-state index in [0.29, 0.717) is 5.56 Å². The van der Waals surface area contributed by atoms with Gasteiger partial charge in [-0.1, -0.05) is 36.4 Å². The fourth-order valence-corrected chi connectivity index (χ4v) is 2.28. The van der Waals surface area contributed by atoms with E-state index in [-0.39, 0.29) is 11.9 Å². The molecule has 2 aromatic carbocycles. The van der Waals surface area contributed by atoms with Gasteiger partial charge in [-0.2, -0.15) is 0 Å². The van der Waals surface area contributed by atoms with Gasteiger partial charge in [0.15, 0.2) is 0 Å². The first-order valence-electron chi connectivity index (χ1n) is 5.78. The molecule has 0 aromatic heterocycles. The zero-order valence-electron chi connectivity index (χ0n) is 10.1. The number of halogens is 1. The quantitative estimate of drug-likeness (QED) is 0.838. The molecular weight excluding hydrogens is 337 g/mol. The summed E-state index contributed by atoms with van der Waals surface area (Å²) in [6, 6.07) is 17.5. The molecule has 2 nitrogen and oxygen atoms in total. The molecule has 1 unspecified atom stereocenters. The molecule has 1 N–H and O–H groups in total. The zero-order valence-corrected chi connectivity index (χ0v) is 12.2. The van der Waals surface area contributed by atoms with E-state index in [1.54, 1.807) is 0 Å². The highest BCUT2D eigenvalue weighted by Gasteiger charge is 2.10. The molecular formula is C15H14INO. The van der Waals surface area contributed by atoms with Crippen molar-refractivity contribution in [3.05, 3.63) is 69.3 Å². The van der Waals surface area contributed by atoms with Crippen LogP contribution in [0.2, 0.25) is 0 Å². The lowest BCUT2D eigenvalue weighted by Gasteiger charge is -2.14. The van der Waals surface area contributed by atoms with Crippen LogP contribution in [0.3, 0.4) is 0 Å². The van der Waals surface area contributed by atoms with Gasteiger partial charge in [0, 0.05) is 9.13 Å². The van der Waals surface area contributed by atoms with Gasteiger partial charge in [0.1, 0.15) is 0 Å². The van der Waals surface area contributed by atoms with Crippen LogP contribution in [0.4, 0.5) is 0 Å². The molecule has 0 aliphatic heterocycles. The molecule has 2 rings (SSSR count). The van der Waals surface area contributed by atoms with Gasteiger partial charge in [0.25, 0.3) is 5.91 Å². The molecule has 92 valence electrons. The monoisotopic (exact) mass is 351 g/mol. The molecule has 0 spiro atoms. The number of carbonyl (C=O) groups is 1. The molecule has 0 saturated carbocycles. The molecule has 1 atom stereocenters. The van der Waals surface area contributed by atoms with E-state index in [0.717, 1.165) is 9.13 Å². The number of carbonyl (C=O) groups excluding carboxylic acids is 1. The minimum Gasteiger partial charge on any atom is -0.346 e. The number of amides is 1. The molecule has 1 amide bonds. The van der Waals surface area contributed by atoms with Gasteiger partial charge in [-0.25, -0.2) is 0 Å². The van der Waals surface area contributed by atoms with Crippen molar-refractivity contribution in [2.75, 3.05) is 0 Å². The van der Waals surface area contributed by atoms with Crippen LogP contribution in [0, 0.1) is 3.57 Å². The van der Waals surface area contributed by atoms with E-state index in [1.165, 1.54) is 0 Å². The summed E-state index contributed by atoms with van der Waals surface area (Å²) in [6.07, 6.45) is 0. The Hall–Kier alpha value is -1.36. The largest absolute Gasteiger partial charge is 0.346 e. The van der Waals surface area contributed by atoms with E-state index >= 15 is 0 Å². The summed E-state index contributed by atoms with van der Waals surface area (Å²) < 4.78 is 1.06.